The van der Waals surface area contributed by atoms with E-state index in [1.54, 1.807) is 30.3 Å². The summed E-state index contributed by atoms with van der Waals surface area (Å²) in [5, 5.41) is 3.38. The van der Waals surface area contributed by atoms with E-state index in [0.717, 1.165) is 11.1 Å². The number of amides is 1. The van der Waals surface area contributed by atoms with E-state index >= 15 is 0 Å². The molecule has 1 N–H and O–H groups in total. The molecule has 0 saturated heterocycles. The van der Waals surface area contributed by atoms with Gasteiger partial charge in [0.1, 0.15) is 0 Å². The molecule has 7 heteroatoms. The number of carbonyl (C=O) groups is 1. The maximum atomic E-state index is 13.1. The van der Waals surface area contributed by atoms with Gasteiger partial charge in [-0.25, -0.2) is 8.42 Å². The summed E-state index contributed by atoms with van der Waals surface area (Å²) < 4.78 is 27.4. The number of rotatable bonds is 8. The molecule has 150 valence electrons. The second kappa shape index (κ2) is 9.69. The van der Waals surface area contributed by atoms with Gasteiger partial charge in [-0.05, 0) is 35.4 Å². The zero-order valence-corrected chi connectivity index (χ0v) is 17.2. The van der Waals surface area contributed by atoms with Crippen LogP contribution in [-0.2, 0) is 27.9 Å². The Hall–Kier alpha value is -2.67. The highest BCUT2D eigenvalue weighted by Gasteiger charge is 2.26. The lowest BCUT2D eigenvalue weighted by Gasteiger charge is -2.22. The molecule has 5 nitrogen and oxygen atoms in total. The molecule has 3 aromatic carbocycles. The number of halogens is 1. The van der Waals surface area contributed by atoms with Crippen molar-refractivity contribution in [1.82, 2.24) is 9.62 Å². The van der Waals surface area contributed by atoms with Gasteiger partial charge < -0.3 is 5.32 Å². The Morgan fingerprint density at radius 3 is 2.03 bits per heavy atom. The maximum absolute atomic E-state index is 13.1. The second-order valence-corrected chi connectivity index (χ2v) is 8.85. The minimum Gasteiger partial charge on any atom is -0.351 e. The van der Waals surface area contributed by atoms with Gasteiger partial charge in [0.15, 0.2) is 0 Å². The molecule has 0 aliphatic rings. The predicted octanol–water partition coefficient (Wildman–Crippen LogP) is 3.85. The number of hydrogen-bond acceptors (Lipinski definition) is 3. The Morgan fingerprint density at radius 2 is 1.41 bits per heavy atom. The average Bonchev–Trinajstić information content (AvgIpc) is 2.74. The van der Waals surface area contributed by atoms with Gasteiger partial charge in [-0.2, -0.15) is 4.31 Å². The first-order valence-electron chi connectivity index (χ1n) is 9.05. The van der Waals surface area contributed by atoms with Crippen molar-refractivity contribution < 1.29 is 13.2 Å². The first-order valence-corrected chi connectivity index (χ1v) is 10.9. The van der Waals surface area contributed by atoms with E-state index in [1.807, 2.05) is 42.5 Å². The van der Waals surface area contributed by atoms with Crippen molar-refractivity contribution in [1.29, 1.82) is 0 Å². The molecule has 3 rings (SSSR count). The Morgan fingerprint density at radius 1 is 0.828 bits per heavy atom. The van der Waals surface area contributed by atoms with Gasteiger partial charge in [-0.15, -0.1) is 0 Å². The van der Waals surface area contributed by atoms with E-state index in [-0.39, 0.29) is 23.9 Å². The minimum atomic E-state index is -3.83. The third-order valence-corrected chi connectivity index (χ3v) is 6.36. The van der Waals surface area contributed by atoms with Gasteiger partial charge in [0.05, 0.1) is 11.4 Å². The topological polar surface area (TPSA) is 66.5 Å². The first-order chi connectivity index (χ1) is 13.9. The fourth-order valence-corrected chi connectivity index (χ4v) is 4.30. The largest absolute Gasteiger partial charge is 0.351 e. The summed E-state index contributed by atoms with van der Waals surface area (Å²) in [5.74, 6) is -0.379. The molecule has 0 spiro atoms. The number of sulfonamides is 1. The quantitative estimate of drug-likeness (QED) is 0.592. The van der Waals surface area contributed by atoms with E-state index in [9.17, 15) is 13.2 Å². The SMILES string of the molecule is O=C(CN(Cc1ccccc1)S(=O)(=O)c1ccccc1)NCc1ccc(Cl)cc1. The van der Waals surface area contributed by atoms with Crippen molar-refractivity contribution >= 4 is 27.5 Å². The Labute approximate surface area is 176 Å². The highest BCUT2D eigenvalue weighted by molar-refractivity contribution is 7.89. The van der Waals surface area contributed by atoms with Gasteiger partial charge in [0.25, 0.3) is 0 Å². The molecular formula is C22H21ClN2O3S. The normalized spacial score (nSPS) is 11.4. The van der Waals surface area contributed by atoms with Crippen LogP contribution in [0.5, 0.6) is 0 Å². The van der Waals surface area contributed by atoms with Crippen LogP contribution in [0.2, 0.25) is 5.02 Å². The second-order valence-electron chi connectivity index (χ2n) is 6.47. The van der Waals surface area contributed by atoms with Crippen LogP contribution < -0.4 is 5.32 Å². The molecule has 0 fully saturated rings. The van der Waals surface area contributed by atoms with Crippen LogP contribution in [0.4, 0.5) is 0 Å². The zero-order valence-electron chi connectivity index (χ0n) is 15.7. The van der Waals surface area contributed by atoms with Crippen molar-refractivity contribution in [2.24, 2.45) is 0 Å². The number of nitrogens with zero attached hydrogens (tertiary/aromatic N) is 1. The third-order valence-electron chi connectivity index (χ3n) is 4.31. The molecule has 0 aromatic heterocycles. The van der Waals surface area contributed by atoms with Crippen LogP contribution >= 0.6 is 11.6 Å². The van der Waals surface area contributed by atoms with Gasteiger partial charge in [0.2, 0.25) is 15.9 Å². The summed E-state index contributed by atoms with van der Waals surface area (Å²) in [4.78, 5) is 12.7. The highest BCUT2D eigenvalue weighted by atomic mass is 35.5. The van der Waals surface area contributed by atoms with E-state index in [2.05, 4.69) is 5.32 Å². The first kappa shape index (κ1) is 21.0. The summed E-state index contributed by atoms with van der Waals surface area (Å²) in [7, 11) is -3.83. The van der Waals surface area contributed by atoms with Crippen molar-refractivity contribution in [2.75, 3.05) is 6.54 Å². The fourth-order valence-electron chi connectivity index (χ4n) is 2.77. The maximum Gasteiger partial charge on any atom is 0.243 e. The molecule has 0 atom stereocenters. The highest BCUT2D eigenvalue weighted by Crippen LogP contribution is 2.18. The number of nitrogens with one attached hydrogen (secondary N) is 1. The molecule has 0 aliphatic heterocycles. The average molecular weight is 429 g/mol. The van der Waals surface area contributed by atoms with E-state index in [0.29, 0.717) is 11.6 Å². The lowest BCUT2D eigenvalue weighted by atomic mass is 10.2. The minimum absolute atomic E-state index is 0.104. The molecule has 1 amide bonds. The molecule has 0 unspecified atom stereocenters. The molecule has 3 aromatic rings. The van der Waals surface area contributed by atoms with Crippen molar-refractivity contribution in [3.8, 4) is 0 Å². The zero-order chi connectivity index (χ0) is 20.7. The standard InChI is InChI=1S/C22H21ClN2O3S/c23-20-13-11-18(12-14-20)15-24-22(26)17-25(16-19-7-3-1-4-8-19)29(27,28)21-9-5-2-6-10-21/h1-14H,15-17H2,(H,24,26). The van der Waals surface area contributed by atoms with Crippen molar-refractivity contribution in [2.45, 2.75) is 18.0 Å². The monoisotopic (exact) mass is 428 g/mol. The van der Waals surface area contributed by atoms with Gasteiger partial charge >= 0.3 is 0 Å². The van der Waals surface area contributed by atoms with Crippen LogP contribution in [0.15, 0.2) is 89.8 Å². The molecule has 0 aliphatic carbocycles. The molecule has 0 saturated carbocycles. The summed E-state index contributed by atoms with van der Waals surface area (Å²) in [6, 6.07) is 24.4. The van der Waals surface area contributed by atoms with Crippen LogP contribution in [0.25, 0.3) is 0 Å². The number of hydrogen-bond donors (Lipinski definition) is 1. The molecule has 0 bridgehead atoms. The van der Waals surface area contributed by atoms with E-state index < -0.39 is 10.0 Å². The van der Waals surface area contributed by atoms with Crippen LogP contribution in [0, 0.1) is 0 Å². The van der Waals surface area contributed by atoms with Crippen LogP contribution in [-0.4, -0.2) is 25.2 Å². The summed E-state index contributed by atoms with van der Waals surface area (Å²) >= 11 is 5.87. The Balaban J connectivity index is 1.75. The molecule has 0 heterocycles. The van der Waals surface area contributed by atoms with Crippen LogP contribution in [0.1, 0.15) is 11.1 Å². The van der Waals surface area contributed by atoms with Crippen molar-refractivity contribution in [3.05, 3.63) is 101 Å². The van der Waals surface area contributed by atoms with Crippen LogP contribution in [0.3, 0.4) is 0 Å². The molecule has 29 heavy (non-hydrogen) atoms. The Kier molecular flexibility index (Phi) is 7.04. The lowest BCUT2D eigenvalue weighted by molar-refractivity contribution is -0.121. The molecule has 0 radical (unpaired) electrons. The lowest BCUT2D eigenvalue weighted by Crippen LogP contribution is -2.40. The number of benzene rings is 3. The predicted molar refractivity (Wildman–Crippen MR) is 114 cm³/mol. The fraction of sp³-hybridized carbons (Fsp3) is 0.136. The van der Waals surface area contributed by atoms with Gasteiger partial charge in [-0.3, -0.25) is 4.79 Å². The summed E-state index contributed by atoms with van der Waals surface area (Å²) in [5.41, 5.74) is 1.68. The van der Waals surface area contributed by atoms with E-state index in [4.69, 9.17) is 11.6 Å². The van der Waals surface area contributed by atoms with Gasteiger partial charge in [-0.1, -0.05) is 72.3 Å². The molecular weight excluding hydrogens is 408 g/mol. The van der Waals surface area contributed by atoms with Gasteiger partial charge in [0, 0.05) is 18.1 Å². The van der Waals surface area contributed by atoms with E-state index in [1.165, 1.54) is 16.4 Å². The summed E-state index contributed by atoms with van der Waals surface area (Å²) in [6.45, 7) is 0.118. The Bertz CT molecular complexity index is 1040. The summed E-state index contributed by atoms with van der Waals surface area (Å²) in [6.07, 6.45) is 0. The number of carbonyl (C=O) groups excluding carboxylic acids is 1. The smallest absolute Gasteiger partial charge is 0.243 e. The van der Waals surface area contributed by atoms with Crippen molar-refractivity contribution in [3.63, 3.8) is 0 Å². The third kappa shape index (κ3) is 5.90.